The molecule has 7 heteroatoms. The third-order valence-electron chi connectivity index (χ3n) is 4.57. The van der Waals surface area contributed by atoms with Gasteiger partial charge in [-0.25, -0.2) is 0 Å². The topological polar surface area (TPSA) is 78.5 Å². The molecule has 2 aromatic rings. The summed E-state index contributed by atoms with van der Waals surface area (Å²) in [5.74, 6) is -1.54. The lowest BCUT2D eigenvalue weighted by Gasteiger charge is -2.34. The fourth-order valence-electron chi connectivity index (χ4n) is 3.15. The molecular weight excluding hydrogens is 342 g/mol. The van der Waals surface area contributed by atoms with Crippen molar-refractivity contribution in [3.05, 3.63) is 52.0 Å². The SMILES string of the molecule is Cc1cc2c(cc1C)N1C(=O)c3cc(Cl)ccc3NC(=O)C1C(=O)N2. The average molecular weight is 356 g/mol. The highest BCUT2D eigenvalue weighted by molar-refractivity contribution is 6.33. The van der Waals surface area contributed by atoms with E-state index in [1.165, 1.54) is 11.0 Å². The molecule has 6 nitrogen and oxygen atoms in total. The van der Waals surface area contributed by atoms with Crippen LogP contribution in [0.3, 0.4) is 0 Å². The Morgan fingerprint density at radius 1 is 0.920 bits per heavy atom. The van der Waals surface area contributed by atoms with Crippen molar-refractivity contribution in [2.45, 2.75) is 19.9 Å². The Hall–Kier alpha value is -2.86. The van der Waals surface area contributed by atoms with Crippen LogP contribution in [-0.4, -0.2) is 23.8 Å². The Labute approximate surface area is 148 Å². The predicted molar refractivity (Wildman–Crippen MR) is 95.2 cm³/mol. The first-order valence-corrected chi connectivity index (χ1v) is 8.10. The van der Waals surface area contributed by atoms with E-state index in [0.717, 1.165) is 11.1 Å². The minimum Gasteiger partial charge on any atom is -0.323 e. The summed E-state index contributed by atoms with van der Waals surface area (Å²) in [6.45, 7) is 3.83. The quantitative estimate of drug-likeness (QED) is 0.713. The molecule has 2 heterocycles. The largest absolute Gasteiger partial charge is 0.323 e. The lowest BCUT2D eigenvalue weighted by atomic mass is 10.0. The number of aryl methyl sites for hydroxylation is 2. The van der Waals surface area contributed by atoms with Gasteiger partial charge >= 0.3 is 0 Å². The summed E-state index contributed by atoms with van der Waals surface area (Å²) in [6.07, 6.45) is 0. The molecule has 2 N–H and O–H groups in total. The number of anilines is 3. The second kappa shape index (κ2) is 5.32. The number of rotatable bonds is 0. The number of hydrogen-bond donors (Lipinski definition) is 2. The zero-order valence-electron chi connectivity index (χ0n) is 13.5. The second-order valence-electron chi connectivity index (χ2n) is 6.20. The molecule has 126 valence electrons. The van der Waals surface area contributed by atoms with E-state index in [4.69, 9.17) is 11.6 Å². The number of carbonyl (C=O) groups excluding carboxylic acids is 3. The van der Waals surface area contributed by atoms with Gasteiger partial charge in [0.15, 0.2) is 6.04 Å². The predicted octanol–water partition coefficient (Wildman–Crippen LogP) is 2.88. The smallest absolute Gasteiger partial charge is 0.261 e. The summed E-state index contributed by atoms with van der Waals surface area (Å²) in [6, 6.07) is 6.97. The summed E-state index contributed by atoms with van der Waals surface area (Å²) in [4.78, 5) is 39.6. The molecule has 2 aromatic carbocycles. The maximum Gasteiger partial charge on any atom is 0.261 e. The maximum atomic E-state index is 13.2. The highest BCUT2D eigenvalue weighted by Crippen LogP contribution is 2.38. The van der Waals surface area contributed by atoms with Gasteiger partial charge in [-0.1, -0.05) is 11.6 Å². The van der Waals surface area contributed by atoms with E-state index < -0.39 is 23.8 Å². The molecule has 2 aliphatic heterocycles. The number of carbonyl (C=O) groups is 3. The van der Waals surface area contributed by atoms with E-state index in [0.29, 0.717) is 22.1 Å². The normalized spacial score (nSPS) is 18.6. The molecule has 1 unspecified atom stereocenters. The van der Waals surface area contributed by atoms with Crippen molar-refractivity contribution in [3.63, 3.8) is 0 Å². The van der Waals surface area contributed by atoms with Crippen molar-refractivity contribution in [2.75, 3.05) is 15.5 Å². The Morgan fingerprint density at radius 2 is 1.56 bits per heavy atom. The van der Waals surface area contributed by atoms with E-state index in [-0.39, 0.29) is 5.56 Å². The van der Waals surface area contributed by atoms with Crippen LogP contribution in [0.15, 0.2) is 30.3 Å². The van der Waals surface area contributed by atoms with Crippen LogP contribution in [0.5, 0.6) is 0 Å². The summed E-state index contributed by atoms with van der Waals surface area (Å²) >= 11 is 6.02. The summed E-state index contributed by atoms with van der Waals surface area (Å²) in [7, 11) is 0. The molecule has 3 amide bonds. The van der Waals surface area contributed by atoms with Crippen molar-refractivity contribution < 1.29 is 14.4 Å². The van der Waals surface area contributed by atoms with Crippen LogP contribution in [0.2, 0.25) is 5.02 Å². The van der Waals surface area contributed by atoms with Gasteiger partial charge < -0.3 is 10.6 Å². The van der Waals surface area contributed by atoms with Crippen LogP contribution >= 0.6 is 11.6 Å². The van der Waals surface area contributed by atoms with Crippen LogP contribution < -0.4 is 15.5 Å². The fourth-order valence-corrected chi connectivity index (χ4v) is 3.33. The molecule has 0 aromatic heterocycles. The summed E-state index contributed by atoms with van der Waals surface area (Å²) in [5.41, 5.74) is 3.54. The molecule has 0 bridgehead atoms. The molecule has 0 spiro atoms. The van der Waals surface area contributed by atoms with Gasteiger partial charge in [-0.15, -0.1) is 0 Å². The zero-order chi connectivity index (χ0) is 17.9. The van der Waals surface area contributed by atoms with Gasteiger partial charge in [0.25, 0.3) is 17.7 Å². The Balaban J connectivity index is 1.97. The number of amides is 3. The molecule has 2 aliphatic rings. The van der Waals surface area contributed by atoms with Crippen LogP contribution in [0.4, 0.5) is 17.1 Å². The number of fused-ring (bicyclic) bond motifs is 4. The van der Waals surface area contributed by atoms with Crippen LogP contribution in [0.25, 0.3) is 0 Å². The molecule has 0 aliphatic carbocycles. The minimum atomic E-state index is -1.27. The third-order valence-corrected chi connectivity index (χ3v) is 4.81. The molecule has 0 radical (unpaired) electrons. The highest BCUT2D eigenvalue weighted by atomic mass is 35.5. The Bertz CT molecular complexity index is 970. The van der Waals surface area contributed by atoms with Gasteiger partial charge in [0, 0.05) is 5.02 Å². The number of benzene rings is 2. The monoisotopic (exact) mass is 355 g/mol. The molecule has 0 saturated heterocycles. The maximum absolute atomic E-state index is 13.2. The first-order chi connectivity index (χ1) is 11.9. The standard InChI is InChI=1S/C18H14ClN3O3/c1-8-5-13-14(6-9(8)2)22-15(17(24)21-13)16(23)20-12-4-3-10(19)7-11(12)18(22)25/h3-7,15H,1-2H3,(H,20,23)(H,21,24). The lowest BCUT2D eigenvalue weighted by molar-refractivity contribution is -0.125. The van der Waals surface area contributed by atoms with Gasteiger partial charge in [0.1, 0.15) is 0 Å². The summed E-state index contributed by atoms with van der Waals surface area (Å²) in [5, 5.41) is 5.75. The van der Waals surface area contributed by atoms with Gasteiger partial charge in [-0.2, -0.15) is 0 Å². The molecular formula is C18H14ClN3O3. The molecule has 0 saturated carbocycles. The number of nitrogens with one attached hydrogen (secondary N) is 2. The van der Waals surface area contributed by atoms with Crippen molar-refractivity contribution in [1.29, 1.82) is 0 Å². The number of nitrogens with zero attached hydrogens (tertiary/aromatic N) is 1. The van der Waals surface area contributed by atoms with Crippen molar-refractivity contribution >= 4 is 46.4 Å². The van der Waals surface area contributed by atoms with E-state index in [1.54, 1.807) is 24.3 Å². The van der Waals surface area contributed by atoms with E-state index >= 15 is 0 Å². The van der Waals surface area contributed by atoms with Crippen LogP contribution in [0.1, 0.15) is 21.5 Å². The first kappa shape index (κ1) is 15.7. The molecule has 4 rings (SSSR count). The van der Waals surface area contributed by atoms with Crippen LogP contribution in [0, 0.1) is 13.8 Å². The van der Waals surface area contributed by atoms with Crippen molar-refractivity contribution in [3.8, 4) is 0 Å². The fraction of sp³-hybridized carbons (Fsp3) is 0.167. The summed E-state index contributed by atoms with van der Waals surface area (Å²) < 4.78 is 0. The van der Waals surface area contributed by atoms with E-state index in [9.17, 15) is 14.4 Å². The molecule has 1 atom stereocenters. The first-order valence-electron chi connectivity index (χ1n) is 7.73. The number of halogens is 1. The van der Waals surface area contributed by atoms with E-state index in [2.05, 4.69) is 10.6 Å². The van der Waals surface area contributed by atoms with Gasteiger partial charge in [-0.3, -0.25) is 19.3 Å². The zero-order valence-corrected chi connectivity index (χ0v) is 14.3. The van der Waals surface area contributed by atoms with Gasteiger partial charge in [-0.05, 0) is 55.3 Å². The third kappa shape index (κ3) is 2.29. The molecule has 0 fully saturated rings. The highest BCUT2D eigenvalue weighted by Gasteiger charge is 2.45. The Kier molecular flexibility index (Phi) is 3.33. The van der Waals surface area contributed by atoms with Crippen molar-refractivity contribution in [1.82, 2.24) is 0 Å². The average Bonchev–Trinajstić information content (AvgIpc) is 2.66. The Morgan fingerprint density at radius 3 is 2.28 bits per heavy atom. The molecule has 25 heavy (non-hydrogen) atoms. The van der Waals surface area contributed by atoms with Crippen molar-refractivity contribution in [2.24, 2.45) is 0 Å². The lowest BCUT2D eigenvalue weighted by Crippen LogP contribution is -2.55. The minimum absolute atomic E-state index is 0.252. The van der Waals surface area contributed by atoms with E-state index in [1.807, 2.05) is 13.8 Å². The van der Waals surface area contributed by atoms with Gasteiger partial charge in [0.05, 0.1) is 22.6 Å². The van der Waals surface area contributed by atoms with Gasteiger partial charge in [0.2, 0.25) is 0 Å². The number of hydrogen-bond acceptors (Lipinski definition) is 3. The van der Waals surface area contributed by atoms with Crippen LogP contribution in [-0.2, 0) is 9.59 Å². The second-order valence-corrected chi connectivity index (χ2v) is 6.64.